The molecule has 24 heavy (non-hydrogen) atoms. The van der Waals surface area contributed by atoms with Crippen molar-refractivity contribution in [2.45, 2.75) is 43.9 Å². The van der Waals surface area contributed by atoms with Crippen molar-refractivity contribution in [3.05, 3.63) is 35.2 Å². The number of morpholine rings is 1. The number of carboxylic acids is 1. The number of aliphatic carboxylic acids is 1. The lowest BCUT2D eigenvalue weighted by molar-refractivity contribution is -0.197. The van der Waals surface area contributed by atoms with Crippen molar-refractivity contribution < 1.29 is 14.6 Å². The average Bonchev–Trinajstić information content (AvgIpc) is 2.87. The number of rotatable bonds is 4. The molecule has 1 spiro atoms. The molecule has 2 aromatic heterocycles. The Morgan fingerprint density at radius 3 is 3.00 bits per heavy atom. The zero-order valence-corrected chi connectivity index (χ0v) is 14.1. The molecule has 1 aliphatic heterocycles. The van der Waals surface area contributed by atoms with Crippen molar-refractivity contribution in [2.24, 2.45) is 0 Å². The molecule has 3 heterocycles. The van der Waals surface area contributed by atoms with Gasteiger partial charge in [-0.2, -0.15) is 0 Å². The summed E-state index contributed by atoms with van der Waals surface area (Å²) in [7, 11) is 0. The van der Waals surface area contributed by atoms with Crippen molar-refractivity contribution in [2.75, 3.05) is 13.1 Å². The molecule has 6 nitrogen and oxygen atoms in total. The Balaban J connectivity index is 1.55. The van der Waals surface area contributed by atoms with Gasteiger partial charge < -0.3 is 14.2 Å². The molecule has 2 fully saturated rings. The van der Waals surface area contributed by atoms with Crippen LogP contribution in [-0.4, -0.2) is 50.2 Å². The maximum Gasteiger partial charge on any atom is 0.306 e. The highest BCUT2D eigenvalue weighted by Gasteiger charge is 2.45. The van der Waals surface area contributed by atoms with Crippen molar-refractivity contribution in [1.29, 1.82) is 0 Å². The van der Waals surface area contributed by atoms with Gasteiger partial charge in [0.15, 0.2) is 0 Å². The number of nitrogens with zero attached hydrogens (tertiary/aromatic N) is 3. The second kappa shape index (κ2) is 6.02. The third-order valence-corrected chi connectivity index (χ3v) is 5.21. The molecule has 128 valence electrons. The fourth-order valence-electron chi connectivity index (χ4n) is 3.81. The number of hydrogen-bond donors (Lipinski definition) is 1. The van der Waals surface area contributed by atoms with E-state index in [-0.39, 0.29) is 18.1 Å². The monoisotopic (exact) mass is 349 g/mol. The first-order chi connectivity index (χ1) is 11.5. The van der Waals surface area contributed by atoms with E-state index >= 15 is 0 Å². The Morgan fingerprint density at radius 1 is 1.46 bits per heavy atom. The van der Waals surface area contributed by atoms with Crippen LogP contribution < -0.4 is 0 Å². The van der Waals surface area contributed by atoms with E-state index in [1.54, 1.807) is 0 Å². The summed E-state index contributed by atoms with van der Waals surface area (Å²) in [4.78, 5) is 17.8. The van der Waals surface area contributed by atoms with Crippen LogP contribution in [0.4, 0.5) is 0 Å². The maximum absolute atomic E-state index is 11.1. The molecule has 0 radical (unpaired) electrons. The molecule has 1 atom stereocenters. The van der Waals surface area contributed by atoms with Crippen LogP contribution in [0.25, 0.3) is 5.65 Å². The van der Waals surface area contributed by atoms with Crippen LogP contribution in [0.1, 0.15) is 31.4 Å². The Hall–Kier alpha value is -1.63. The fraction of sp³-hybridized carbons (Fsp3) is 0.529. The van der Waals surface area contributed by atoms with Crippen molar-refractivity contribution in [3.8, 4) is 0 Å². The third kappa shape index (κ3) is 3.01. The van der Waals surface area contributed by atoms with E-state index in [0.29, 0.717) is 18.1 Å². The van der Waals surface area contributed by atoms with Gasteiger partial charge in [-0.1, -0.05) is 11.6 Å². The number of ether oxygens (including phenoxy) is 1. The summed E-state index contributed by atoms with van der Waals surface area (Å²) >= 11 is 6.10. The Morgan fingerprint density at radius 2 is 2.29 bits per heavy atom. The van der Waals surface area contributed by atoms with E-state index in [4.69, 9.17) is 21.4 Å². The predicted molar refractivity (Wildman–Crippen MR) is 89.2 cm³/mol. The third-order valence-electron chi connectivity index (χ3n) is 4.99. The van der Waals surface area contributed by atoms with Gasteiger partial charge in [-0.3, -0.25) is 9.69 Å². The minimum Gasteiger partial charge on any atom is -0.481 e. The molecule has 1 unspecified atom stereocenters. The number of halogens is 1. The standard InChI is InChI=1S/C17H20ClN3O3/c18-12-2-3-15-19-7-13(21(15)8-12)9-20-10-14(6-16(22)23)24-17(11-20)4-1-5-17/h2-3,7-8,14H,1,4-6,9-11H2,(H,22,23). The Labute approximate surface area is 145 Å². The molecular weight excluding hydrogens is 330 g/mol. The number of aromatic nitrogens is 2. The topological polar surface area (TPSA) is 67.1 Å². The second-order valence-electron chi connectivity index (χ2n) is 6.87. The quantitative estimate of drug-likeness (QED) is 0.919. The summed E-state index contributed by atoms with van der Waals surface area (Å²) in [6.07, 6.45) is 6.71. The van der Waals surface area contributed by atoms with E-state index in [1.807, 2.05) is 28.9 Å². The molecule has 1 saturated heterocycles. The van der Waals surface area contributed by atoms with Gasteiger partial charge in [-0.15, -0.1) is 0 Å². The number of carboxylic acid groups (broad SMARTS) is 1. The molecule has 4 rings (SSSR count). The lowest BCUT2D eigenvalue weighted by atomic mass is 9.78. The van der Waals surface area contributed by atoms with Crippen LogP contribution in [0.15, 0.2) is 24.5 Å². The highest BCUT2D eigenvalue weighted by Crippen LogP contribution is 2.40. The van der Waals surface area contributed by atoms with Crippen LogP contribution in [0.5, 0.6) is 0 Å². The molecule has 1 saturated carbocycles. The summed E-state index contributed by atoms with van der Waals surface area (Å²) in [6.45, 7) is 2.18. The van der Waals surface area contributed by atoms with Crippen LogP contribution in [0.3, 0.4) is 0 Å². The Kier molecular flexibility index (Phi) is 3.98. The van der Waals surface area contributed by atoms with Gasteiger partial charge >= 0.3 is 5.97 Å². The smallest absolute Gasteiger partial charge is 0.306 e. The lowest BCUT2D eigenvalue weighted by Gasteiger charge is -2.51. The largest absolute Gasteiger partial charge is 0.481 e. The molecule has 0 amide bonds. The molecular formula is C17H20ClN3O3. The van der Waals surface area contributed by atoms with E-state index < -0.39 is 5.97 Å². The van der Waals surface area contributed by atoms with Crippen molar-refractivity contribution >= 4 is 23.2 Å². The summed E-state index contributed by atoms with van der Waals surface area (Å²) in [5.74, 6) is -0.807. The fourth-order valence-corrected chi connectivity index (χ4v) is 3.97. The molecule has 7 heteroatoms. The minimum atomic E-state index is -0.807. The summed E-state index contributed by atoms with van der Waals surface area (Å²) < 4.78 is 8.11. The van der Waals surface area contributed by atoms with Gasteiger partial charge in [0.2, 0.25) is 0 Å². The highest BCUT2D eigenvalue weighted by molar-refractivity contribution is 6.30. The number of hydrogen-bond acceptors (Lipinski definition) is 4. The van der Waals surface area contributed by atoms with Crippen LogP contribution in [0, 0.1) is 0 Å². The number of imidazole rings is 1. The first-order valence-electron chi connectivity index (χ1n) is 8.26. The number of fused-ring (bicyclic) bond motifs is 1. The van der Waals surface area contributed by atoms with Gasteiger partial charge in [0.1, 0.15) is 5.65 Å². The first kappa shape index (κ1) is 15.9. The summed E-state index contributed by atoms with van der Waals surface area (Å²) in [5.41, 5.74) is 1.76. The van der Waals surface area contributed by atoms with Gasteiger partial charge in [0.25, 0.3) is 0 Å². The zero-order valence-electron chi connectivity index (χ0n) is 13.3. The predicted octanol–water partition coefficient (Wildman–Crippen LogP) is 2.59. The van der Waals surface area contributed by atoms with Crippen LogP contribution in [0.2, 0.25) is 5.02 Å². The van der Waals surface area contributed by atoms with Crippen molar-refractivity contribution in [1.82, 2.24) is 14.3 Å². The van der Waals surface area contributed by atoms with E-state index in [0.717, 1.165) is 37.1 Å². The van der Waals surface area contributed by atoms with Gasteiger partial charge in [-0.25, -0.2) is 4.98 Å². The summed E-state index contributed by atoms with van der Waals surface area (Å²) in [5, 5.41) is 9.78. The highest BCUT2D eigenvalue weighted by atomic mass is 35.5. The SMILES string of the molecule is O=C(O)CC1CN(Cc2cnc3ccc(Cl)cn23)CC2(CCC2)O1. The number of carbonyl (C=O) groups is 1. The summed E-state index contributed by atoms with van der Waals surface area (Å²) in [6, 6.07) is 3.72. The molecule has 1 aliphatic carbocycles. The van der Waals surface area contributed by atoms with E-state index in [1.165, 1.54) is 0 Å². The normalized spacial score (nSPS) is 23.5. The van der Waals surface area contributed by atoms with E-state index in [2.05, 4.69) is 9.88 Å². The lowest BCUT2D eigenvalue weighted by Crippen LogP contribution is -2.58. The number of pyridine rings is 1. The minimum absolute atomic E-state index is 0.0528. The first-order valence-corrected chi connectivity index (χ1v) is 8.64. The van der Waals surface area contributed by atoms with Crippen molar-refractivity contribution in [3.63, 3.8) is 0 Å². The van der Waals surface area contributed by atoms with Crippen LogP contribution >= 0.6 is 11.6 Å². The molecule has 2 aromatic rings. The van der Waals surface area contributed by atoms with Gasteiger partial charge in [-0.05, 0) is 31.4 Å². The average molecular weight is 350 g/mol. The molecule has 1 N–H and O–H groups in total. The van der Waals surface area contributed by atoms with Gasteiger partial charge in [0, 0.05) is 25.8 Å². The Bertz CT molecular complexity index is 772. The maximum atomic E-state index is 11.1. The van der Waals surface area contributed by atoms with Crippen LogP contribution in [-0.2, 0) is 16.1 Å². The second-order valence-corrected chi connectivity index (χ2v) is 7.31. The zero-order chi connectivity index (χ0) is 16.7. The van der Waals surface area contributed by atoms with Gasteiger partial charge in [0.05, 0.1) is 35.0 Å². The molecule has 0 aromatic carbocycles. The molecule has 0 bridgehead atoms. The molecule has 2 aliphatic rings. The van der Waals surface area contributed by atoms with E-state index in [9.17, 15) is 4.79 Å².